The number of anilines is 3. The van der Waals surface area contributed by atoms with Crippen molar-refractivity contribution in [3.8, 4) is 6.07 Å². The quantitative estimate of drug-likeness (QED) is 0.660. The van der Waals surface area contributed by atoms with Crippen LogP contribution >= 0.6 is 0 Å². The second-order valence-electron chi connectivity index (χ2n) is 9.25. The van der Waals surface area contributed by atoms with Crippen molar-refractivity contribution in [2.45, 2.75) is 25.3 Å². The highest BCUT2D eigenvalue weighted by Crippen LogP contribution is 2.66. The number of pyridine rings is 1. The van der Waals surface area contributed by atoms with E-state index in [4.69, 9.17) is 4.98 Å². The van der Waals surface area contributed by atoms with Crippen LogP contribution in [0.5, 0.6) is 0 Å². The van der Waals surface area contributed by atoms with Gasteiger partial charge in [0.1, 0.15) is 17.3 Å². The minimum Gasteiger partial charge on any atom is -0.369 e. The summed E-state index contributed by atoms with van der Waals surface area (Å²) in [4.78, 5) is 24.7. The molecule has 8 nitrogen and oxygen atoms in total. The minimum atomic E-state index is -0.241. The smallest absolute Gasteiger partial charge is 0.270 e. The van der Waals surface area contributed by atoms with Crippen molar-refractivity contribution in [2.24, 2.45) is 11.8 Å². The van der Waals surface area contributed by atoms with E-state index in [1.54, 1.807) is 16.8 Å². The minimum absolute atomic E-state index is 0.155. The second kappa shape index (κ2) is 7.04. The van der Waals surface area contributed by atoms with Gasteiger partial charge in [0.2, 0.25) is 5.95 Å². The van der Waals surface area contributed by atoms with Gasteiger partial charge in [-0.05, 0) is 55.0 Å². The van der Waals surface area contributed by atoms with Gasteiger partial charge >= 0.3 is 0 Å². The fraction of sp³-hybridized carbons (Fsp3) is 0.417. The van der Waals surface area contributed by atoms with Gasteiger partial charge in [0.05, 0.1) is 5.54 Å². The molecule has 4 aliphatic rings. The van der Waals surface area contributed by atoms with Gasteiger partial charge in [-0.25, -0.2) is 4.98 Å². The van der Waals surface area contributed by atoms with Crippen LogP contribution in [0.3, 0.4) is 0 Å². The highest BCUT2D eigenvalue weighted by molar-refractivity contribution is 5.78. The summed E-state index contributed by atoms with van der Waals surface area (Å²) in [5, 5.41) is 16.9. The zero-order chi connectivity index (χ0) is 21.9. The average Bonchev–Trinajstić information content (AvgIpc) is 2.81. The van der Waals surface area contributed by atoms with E-state index in [2.05, 4.69) is 45.6 Å². The predicted octanol–water partition coefficient (Wildman–Crippen LogP) is 2.57. The van der Waals surface area contributed by atoms with Crippen LogP contribution in [0.2, 0.25) is 0 Å². The maximum absolute atomic E-state index is 13.1. The van der Waals surface area contributed by atoms with Crippen molar-refractivity contribution in [1.29, 1.82) is 5.26 Å². The zero-order valence-electron chi connectivity index (χ0n) is 18.0. The molecule has 4 fully saturated rings. The van der Waals surface area contributed by atoms with Gasteiger partial charge < -0.3 is 15.5 Å². The number of hydrogen-bond acceptors (Lipinski definition) is 7. The number of piperazine rings is 1. The molecule has 8 heteroatoms. The van der Waals surface area contributed by atoms with E-state index in [-0.39, 0.29) is 16.7 Å². The Bertz CT molecular complexity index is 1290. The number of fused-ring (bicyclic) bond motifs is 1. The van der Waals surface area contributed by atoms with E-state index in [0.717, 1.165) is 50.1 Å². The molecule has 0 radical (unpaired) electrons. The molecule has 1 aromatic carbocycles. The molecule has 0 amide bonds. The van der Waals surface area contributed by atoms with Gasteiger partial charge in [0, 0.05) is 49.1 Å². The first-order valence-electron chi connectivity index (χ1n) is 11.3. The molecule has 1 atom stereocenters. The molecule has 0 unspecified atom stereocenters. The summed E-state index contributed by atoms with van der Waals surface area (Å²) in [6.45, 7) is 6.20. The molecule has 0 spiro atoms. The second-order valence-corrected chi connectivity index (χ2v) is 9.25. The van der Waals surface area contributed by atoms with Gasteiger partial charge in [-0.1, -0.05) is 6.92 Å². The number of hydrogen-bond donors (Lipinski definition) is 2. The number of benzene rings is 1. The van der Waals surface area contributed by atoms with Gasteiger partial charge in [-0.15, -0.1) is 0 Å². The van der Waals surface area contributed by atoms with Gasteiger partial charge in [-0.3, -0.25) is 9.36 Å². The van der Waals surface area contributed by atoms with E-state index in [1.807, 2.05) is 12.1 Å². The first kappa shape index (κ1) is 19.3. The van der Waals surface area contributed by atoms with E-state index in [1.165, 1.54) is 5.69 Å². The van der Waals surface area contributed by atoms with Crippen LogP contribution in [-0.4, -0.2) is 40.7 Å². The molecular weight excluding hydrogens is 402 g/mol. The molecule has 3 heterocycles. The fourth-order valence-electron chi connectivity index (χ4n) is 5.54. The highest BCUT2D eigenvalue weighted by atomic mass is 16.1. The lowest BCUT2D eigenvalue weighted by Gasteiger charge is -2.67. The topological polar surface area (TPSA) is 98.9 Å². The van der Waals surface area contributed by atoms with Crippen molar-refractivity contribution in [3.63, 3.8) is 0 Å². The summed E-state index contributed by atoms with van der Waals surface area (Å²) in [5.41, 5.74) is 2.41. The molecule has 32 heavy (non-hydrogen) atoms. The van der Waals surface area contributed by atoms with Crippen LogP contribution in [0.1, 0.15) is 25.3 Å². The van der Waals surface area contributed by atoms with E-state index in [0.29, 0.717) is 23.4 Å². The SMILES string of the molecule is C[C@@H]1C2CC1(n1c(=O)c(C#N)cc3cnc(Nc4ccc(N5CCNCC5)cc4)nc31)C2. The van der Waals surface area contributed by atoms with Gasteiger partial charge in [0.25, 0.3) is 5.56 Å². The first-order chi connectivity index (χ1) is 15.6. The van der Waals surface area contributed by atoms with Crippen LogP contribution in [0.4, 0.5) is 17.3 Å². The first-order valence-corrected chi connectivity index (χ1v) is 11.3. The third-order valence-corrected chi connectivity index (χ3v) is 7.70. The molecule has 2 bridgehead atoms. The Morgan fingerprint density at radius 3 is 2.59 bits per heavy atom. The summed E-state index contributed by atoms with van der Waals surface area (Å²) in [5.74, 6) is 1.56. The van der Waals surface area contributed by atoms with Crippen LogP contribution in [0.15, 0.2) is 41.3 Å². The van der Waals surface area contributed by atoms with E-state index < -0.39 is 0 Å². The van der Waals surface area contributed by atoms with Crippen molar-refractivity contribution in [2.75, 3.05) is 36.4 Å². The van der Waals surface area contributed by atoms with Crippen molar-refractivity contribution >= 4 is 28.4 Å². The van der Waals surface area contributed by atoms with E-state index >= 15 is 0 Å². The molecular formula is C24H25N7O. The molecule has 2 aromatic heterocycles. The number of nitriles is 1. The standard InChI is InChI=1S/C24H25N7O/c1-15-18-11-24(15,12-18)31-21-17(10-16(13-25)22(31)32)14-27-23(29-21)28-19-2-4-20(5-3-19)30-8-6-26-7-9-30/h2-5,10,14-15,18,26H,6-9,11-12H2,1H3,(H,27,28,29)/t15-,18?,24?/m1/s1. The van der Waals surface area contributed by atoms with Crippen LogP contribution in [-0.2, 0) is 5.54 Å². The summed E-state index contributed by atoms with van der Waals surface area (Å²) in [6.07, 6.45) is 3.67. The molecule has 1 saturated heterocycles. The Labute approximate surface area is 185 Å². The Morgan fingerprint density at radius 2 is 1.97 bits per heavy atom. The van der Waals surface area contributed by atoms with Crippen LogP contribution in [0.25, 0.3) is 11.0 Å². The maximum atomic E-state index is 13.1. The number of nitrogens with zero attached hydrogens (tertiary/aromatic N) is 5. The highest BCUT2D eigenvalue weighted by Gasteiger charge is 2.65. The lowest BCUT2D eigenvalue weighted by atomic mass is 9.42. The Morgan fingerprint density at radius 1 is 1.22 bits per heavy atom. The molecule has 7 rings (SSSR count). The normalized spacial score (nSPS) is 26.2. The van der Waals surface area contributed by atoms with Gasteiger partial charge in [0.15, 0.2) is 0 Å². The zero-order valence-corrected chi connectivity index (χ0v) is 18.0. The van der Waals surface area contributed by atoms with E-state index in [9.17, 15) is 10.1 Å². The summed E-state index contributed by atoms with van der Waals surface area (Å²) in [7, 11) is 0. The monoisotopic (exact) mass is 427 g/mol. The predicted molar refractivity (Wildman–Crippen MR) is 123 cm³/mol. The Hall–Kier alpha value is -3.44. The third-order valence-electron chi connectivity index (χ3n) is 7.70. The lowest BCUT2D eigenvalue weighted by Crippen LogP contribution is -2.69. The molecule has 3 aromatic rings. The van der Waals surface area contributed by atoms with Crippen molar-refractivity contribution < 1.29 is 0 Å². The average molecular weight is 428 g/mol. The largest absolute Gasteiger partial charge is 0.369 e. The van der Waals surface area contributed by atoms with Crippen LogP contribution in [0, 0.1) is 23.2 Å². The lowest BCUT2D eigenvalue weighted by molar-refractivity contribution is -0.162. The Kier molecular flexibility index (Phi) is 4.24. The molecule has 2 N–H and O–H groups in total. The van der Waals surface area contributed by atoms with Crippen molar-refractivity contribution in [1.82, 2.24) is 19.9 Å². The van der Waals surface area contributed by atoms with Gasteiger partial charge in [-0.2, -0.15) is 10.2 Å². The number of nitrogens with one attached hydrogen (secondary N) is 2. The fourth-order valence-corrected chi connectivity index (χ4v) is 5.54. The number of rotatable bonds is 4. The molecule has 1 aliphatic heterocycles. The summed E-state index contributed by atoms with van der Waals surface area (Å²) >= 11 is 0. The van der Waals surface area contributed by atoms with Crippen LogP contribution < -0.4 is 21.1 Å². The Balaban J connectivity index is 1.35. The third kappa shape index (κ3) is 2.74. The maximum Gasteiger partial charge on any atom is 0.270 e. The molecule has 3 saturated carbocycles. The van der Waals surface area contributed by atoms with Crippen molar-refractivity contribution in [3.05, 3.63) is 52.4 Å². The molecule has 3 aliphatic carbocycles. The number of aromatic nitrogens is 3. The summed E-state index contributed by atoms with van der Waals surface area (Å²) < 4.78 is 1.78. The summed E-state index contributed by atoms with van der Waals surface area (Å²) in [6, 6.07) is 11.9. The molecule has 162 valence electrons.